The summed E-state index contributed by atoms with van der Waals surface area (Å²) < 4.78 is 0. The molecule has 0 bridgehead atoms. The minimum Gasteiger partial charge on any atom is -0.304 e. The van der Waals surface area contributed by atoms with Crippen LogP contribution in [0.2, 0.25) is 0 Å². The van der Waals surface area contributed by atoms with Crippen molar-refractivity contribution < 1.29 is 0 Å². The van der Waals surface area contributed by atoms with Crippen molar-refractivity contribution in [3.63, 3.8) is 0 Å². The van der Waals surface area contributed by atoms with Crippen molar-refractivity contribution in [1.82, 2.24) is 15.2 Å². The zero-order valence-corrected chi connectivity index (χ0v) is 10.5. The number of piperazine rings is 1. The van der Waals surface area contributed by atoms with Crippen LogP contribution in [0.3, 0.4) is 0 Å². The first kappa shape index (κ1) is 12.9. The Bertz CT molecular complexity index is 183. The maximum Gasteiger partial charge on any atom is 0.0248 e. The number of nitrogens with zero attached hydrogens (tertiary/aromatic N) is 2. The van der Waals surface area contributed by atoms with Gasteiger partial charge in [0, 0.05) is 31.7 Å². The number of hydrogen-bond donors (Lipinski definition) is 2. The summed E-state index contributed by atoms with van der Waals surface area (Å²) in [6.45, 7) is 7.93. The molecule has 0 aromatic heterocycles. The van der Waals surface area contributed by atoms with E-state index < -0.39 is 0 Å². The molecule has 15 heavy (non-hydrogen) atoms. The number of hydrazine groups is 1. The predicted molar refractivity (Wildman–Crippen MR) is 64.5 cm³/mol. The summed E-state index contributed by atoms with van der Waals surface area (Å²) >= 11 is 0. The minimum atomic E-state index is 0.420. The van der Waals surface area contributed by atoms with Gasteiger partial charge in [0.25, 0.3) is 0 Å². The first-order chi connectivity index (χ1) is 7.04. The number of rotatable bonds is 4. The molecule has 1 aliphatic heterocycles. The fourth-order valence-electron chi connectivity index (χ4n) is 2.18. The van der Waals surface area contributed by atoms with Crippen molar-refractivity contribution in [2.75, 3.05) is 33.7 Å². The van der Waals surface area contributed by atoms with Gasteiger partial charge >= 0.3 is 0 Å². The lowest BCUT2D eigenvalue weighted by molar-refractivity contribution is 0.0963. The quantitative estimate of drug-likeness (QED) is 0.515. The van der Waals surface area contributed by atoms with E-state index in [1.54, 1.807) is 0 Å². The topological polar surface area (TPSA) is 44.5 Å². The maximum absolute atomic E-state index is 5.59. The molecule has 0 aliphatic carbocycles. The zero-order valence-electron chi connectivity index (χ0n) is 10.5. The van der Waals surface area contributed by atoms with Gasteiger partial charge in [-0.25, -0.2) is 0 Å². The molecule has 0 aromatic rings. The Hall–Kier alpha value is -0.160. The third-order valence-corrected chi connectivity index (χ3v) is 3.53. The van der Waals surface area contributed by atoms with Crippen molar-refractivity contribution in [2.24, 2.45) is 11.8 Å². The van der Waals surface area contributed by atoms with E-state index >= 15 is 0 Å². The van der Waals surface area contributed by atoms with E-state index in [0.29, 0.717) is 18.0 Å². The first-order valence-electron chi connectivity index (χ1n) is 5.89. The summed E-state index contributed by atoms with van der Waals surface area (Å²) in [6.07, 6.45) is 1.13. The summed E-state index contributed by atoms with van der Waals surface area (Å²) in [5.41, 5.74) is 2.94. The average Bonchev–Trinajstić information content (AvgIpc) is 2.18. The normalized spacial score (nSPS) is 27.2. The molecule has 0 aromatic carbocycles. The Morgan fingerprint density at radius 1 is 1.33 bits per heavy atom. The van der Waals surface area contributed by atoms with E-state index in [-0.39, 0.29) is 0 Å². The molecule has 0 spiro atoms. The highest BCUT2D eigenvalue weighted by Crippen LogP contribution is 2.15. The number of nitrogens with two attached hydrogens (primary N) is 1. The number of likely N-dealkylation sites (N-methyl/N-ethyl adjacent to an activating group) is 2. The molecule has 2 unspecified atom stereocenters. The molecule has 0 radical (unpaired) electrons. The fraction of sp³-hybridized carbons (Fsp3) is 1.00. The second-order valence-corrected chi connectivity index (χ2v) is 5.15. The van der Waals surface area contributed by atoms with Crippen LogP contribution >= 0.6 is 0 Å². The lowest BCUT2D eigenvalue weighted by Gasteiger charge is -2.39. The Labute approximate surface area is 93.8 Å². The van der Waals surface area contributed by atoms with Crippen molar-refractivity contribution >= 4 is 0 Å². The Kier molecular flexibility index (Phi) is 4.99. The molecule has 0 saturated carbocycles. The first-order valence-corrected chi connectivity index (χ1v) is 5.89. The summed E-state index contributed by atoms with van der Waals surface area (Å²) in [5, 5.41) is 0. The van der Waals surface area contributed by atoms with Crippen LogP contribution in [-0.4, -0.2) is 55.6 Å². The maximum atomic E-state index is 5.59. The average molecular weight is 214 g/mol. The van der Waals surface area contributed by atoms with Gasteiger partial charge in [0.05, 0.1) is 0 Å². The number of hydrogen-bond acceptors (Lipinski definition) is 4. The highest BCUT2D eigenvalue weighted by Gasteiger charge is 2.25. The number of nitrogens with one attached hydrogen (secondary N) is 1. The van der Waals surface area contributed by atoms with Gasteiger partial charge in [-0.3, -0.25) is 11.3 Å². The summed E-state index contributed by atoms with van der Waals surface area (Å²) in [5.74, 6) is 6.18. The summed E-state index contributed by atoms with van der Waals surface area (Å²) in [4.78, 5) is 4.85. The van der Waals surface area contributed by atoms with E-state index in [0.717, 1.165) is 19.5 Å². The van der Waals surface area contributed by atoms with Crippen LogP contribution in [0.25, 0.3) is 0 Å². The van der Waals surface area contributed by atoms with Crippen LogP contribution in [0.4, 0.5) is 0 Å². The van der Waals surface area contributed by atoms with Crippen LogP contribution in [0.1, 0.15) is 20.3 Å². The standard InChI is InChI=1S/C11H26N4/c1-9(2)11(13-12)7-10-8-14(3)5-6-15(10)4/h9-11,13H,5-8,12H2,1-4H3. The van der Waals surface area contributed by atoms with E-state index in [1.807, 2.05) is 0 Å². The second kappa shape index (κ2) is 5.80. The molecule has 1 heterocycles. The highest BCUT2D eigenvalue weighted by molar-refractivity contribution is 4.83. The van der Waals surface area contributed by atoms with Gasteiger partial charge in [-0.1, -0.05) is 13.8 Å². The summed E-state index contributed by atoms with van der Waals surface area (Å²) in [7, 11) is 4.41. The van der Waals surface area contributed by atoms with E-state index in [1.165, 1.54) is 6.54 Å². The van der Waals surface area contributed by atoms with Crippen molar-refractivity contribution in [3.8, 4) is 0 Å². The molecular formula is C11H26N4. The molecule has 2 atom stereocenters. The van der Waals surface area contributed by atoms with E-state index in [4.69, 9.17) is 5.84 Å². The van der Waals surface area contributed by atoms with Crippen molar-refractivity contribution in [3.05, 3.63) is 0 Å². The fourth-order valence-corrected chi connectivity index (χ4v) is 2.18. The Morgan fingerprint density at radius 3 is 2.53 bits per heavy atom. The lowest BCUT2D eigenvalue weighted by atomic mass is 9.95. The predicted octanol–water partition coefficient (Wildman–Crippen LogP) is 0.110. The van der Waals surface area contributed by atoms with Gasteiger partial charge in [0.1, 0.15) is 0 Å². The van der Waals surface area contributed by atoms with Gasteiger partial charge < -0.3 is 9.80 Å². The van der Waals surface area contributed by atoms with Gasteiger partial charge in [0.15, 0.2) is 0 Å². The monoisotopic (exact) mass is 214 g/mol. The van der Waals surface area contributed by atoms with Crippen LogP contribution < -0.4 is 11.3 Å². The largest absolute Gasteiger partial charge is 0.304 e. The smallest absolute Gasteiger partial charge is 0.0248 e. The molecular weight excluding hydrogens is 188 g/mol. The lowest BCUT2D eigenvalue weighted by Crippen LogP contribution is -2.53. The highest BCUT2D eigenvalue weighted by atomic mass is 15.3. The van der Waals surface area contributed by atoms with Crippen LogP contribution in [0, 0.1) is 5.92 Å². The Morgan fingerprint density at radius 2 is 2.00 bits per heavy atom. The summed E-state index contributed by atoms with van der Waals surface area (Å²) in [6, 6.07) is 1.05. The molecule has 1 rings (SSSR count). The zero-order chi connectivity index (χ0) is 11.4. The molecule has 0 amide bonds. The van der Waals surface area contributed by atoms with Crippen LogP contribution in [0.15, 0.2) is 0 Å². The van der Waals surface area contributed by atoms with Gasteiger partial charge in [-0.15, -0.1) is 0 Å². The van der Waals surface area contributed by atoms with Gasteiger partial charge in [0.2, 0.25) is 0 Å². The molecule has 1 saturated heterocycles. The SMILES string of the molecule is CC(C)C(CC1CN(C)CCN1C)NN. The third kappa shape index (κ3) is 3.72. The molecule has 1 fully saturated rings. The second-order valence-electron chi connectivity index (χ2n) is 5.15. The molecule has 1 aliphatic rings. The molecule has 4 heteroatoms. The van der Waals surface area contributed by atoms with Crippen molar-refractivity contribution in [2.45, 2.75) is 32.4 Å². The van der Waals surface area contributed by atoms with Gasteiger partial charge in [-0.05, 0) is 26.4 Å². The molecule has 3 N–H and O–H groups in total. The Balaban J connectivity index is 2.47. The minimum absolute atomic E-state index is 0.420. The third-order valence-electron chi connectivity index (χ3n) is 3.53. The van der Waals surface area contributed by atoms with E-state index in [2.05, 4.69) is 43.2 Å². The molecule has 4 nitrogen and oxygen atoms in total. The van der Waals surface area contributed by atoms with Crippen LogP contribution in [-0.2, 0) is 0 Å². The van der Waals surface area contributed by atoms with Gasteiger partial charge in [-0.2, -0.15) is 0 Å². The van der Waals surface area contributed by atoms with Crippen molar-refractivity contribution in [1.29, 1.82) is 0 Å². The molecule has 90 valence electrons. The van der Waals surface area contributed by atoms with Crippen LogP contribution in [0.5, 0.6) is 0 Å². The van der Waals surface area contributed by atoms with E-state index in [9.17, 15) is 0 Å².